The Morgan fingerprint density at radius 3 is 2.36 bits per heavy atom. The van der Waals surface area contributed by atoms with Gasteiger partial charge < -0.3 is 39.2 Å². The third kappa shape index (κ3) is 12.8. The van der Waals surface area contributed by atoms with Crippen molar-refractivity contribution >= 4 is 29.4 Å². The van der Waals surface area contributed by atoms with E-state index in [0.717, 1.165) is 49.7 Å². The lowest BCUT2D eigenvalue weighted by Gasteiger charge is -2.37. The van der Waals surface area contributed by atoms with Crippen LogP contribution in [0.4, 0.5) is 0 Å². The Hall–Kier alpha value is -1.80. The number of cyclic esters (lactones) is 1. The second-order valence-corrected chi connectivity index (χ2v) is 18.7. The van der Waals surface area contributed by atoms with E-state index in [-0.39, 0.29) is 49.9 Å². The van der Waals surface area contributed by atoms with Crippen LogP contribution >= 0.6 is 11.8 Å². The summed E-state index contributed by atoms with van der Waals surface area (Å²) >= 11 is 1.81. The standard InChI is InChI=1S/C43H71NO10S/c1-27-12-13-28(2)18-19-42(5,49)26-32(45)24-35(30(4)22-31-15-17-38(55-8)37(23-31)52-7)53-41(48)33-11-9-10-20-44(33)40(47)39(46)43(50)25-29(3)21-36(51-6)34(54-43)16-14-27/h18,22,27,29,31-38,45,49-50H,9-17,19-21,23-26H2,1-8H3/b28-18+,30-22+. The minimum absolute atomic E-state index is 0.0609. The Kier molecular flexibility index (Phi) is 17.3. The Labute approximate surface area is 334 Å². The van der Waals surface area contributed by atoms with Crippen LogP contribution in [0.15, 0.2) is 23.3 Å². The fourth-order valence-electron chi connectivity index (χ4n) is 9.15. The summed E-state index contributed by atoms with van der Waals surface area (Å²) in [5.74, 6) is -4.74. The van der Waals surface area contributed by atoms with Crippen LogP contribution in [-0.4, -0.2) is 118 Å². The van der Waals surface area contributed by atoms with E-state index in [1.165, 1.54) is 4.90 Å². The molecule has 55 heavy (non-hydrogen) atoms. The Morgan fingerprint density at radius 2 is 1.67 bits per heavy atom. The van der Waals surface area contributed by atoms with Crippen molar-refractivity contribution in [3.8, 4) is 0 Å². The number of aliphatic hydroxyl groups is 3. The highest BCUT2D eigenvalue weighted by Crippen LogP contribution is 2.37. The van der Waals surface area contributed by atoms with Gasteiger partial charge in [-0.1, -0.05) is 31.6 Å². The van der Waals surface area contributed by atoms with Gasteiger partial charge in [-0.05, 0) is 127 Å². The maximum absolute atomic E-state index is 14.2. The number of carbonyl (C=O) groups is 3. The van der Waals surface area contributed by atoms with E-state index in [2.05, 4.69) is 26.2 Å². The van der Waals surface area contributed by atoms with E-state index in [1.807, 2.05) is 31.7 Å². The summed E-state index contributed by atoms with van der Waals surface area (Å²) in [6, 6.07) is -1.04. The molecule has 314 valence electrons. The molecule has 0 aromatic carbocycles. The molecule has 4 aliphatic rings. The summed E-state index contributed by atoms with van der Waals surface area (Å²) in [7, 11) is 3.34. The van der Waals surface area contributed by atoms with Gasteiger partial charge in [0.05, 0.1) is 30.0 Å². The number of rotatable bonds is 5. The molecule has 12 heteroatoms. The first-order valence-corrected chi connectivity index (χ1v) is 22.1. The Balaban J connectivity index is 1.68. The number of ether oxygens (including phenoxy) is 4. The predicted octanol–water partition coefficient (Wildman–Crippen LogP) is 6.30. The highest BCUT2D eigenvalue weighted by molar-refractivity contribution is 7.99. The molecule has 11 nitrogen and oxygen atoms in total. The summed E-state index contributed by atoms with van der Waals surface area (Å²) in [6.45, 7) is 9.91. The van der Waals surface area contributed by atoms with Crippen LogP contribution in [0.2, 0.25) is 0 Å². The summed E-state index contributed by atoms with van der Waals surface area (Å²) in [5, 5.41) is 35.2. The largest absolute Gasteiger partial charge is 0.456 e. The SMILES string of the molecule is COC1CC(C)CC2(O)OC1CCC(C)CC/C(C)=C/CC(C)(O)CC(O)CC(/C(C)=C/C1CCC(SC)C(OC)C1)OC(=O)C1CCCCN1C(=O)C2=O. The smallest absolute Gasteiger partial charge is 0.329 e. The third-order valence-electron chi connectivity index (χ3n) is 12.6. The molecule has 3 fully saturated rings. The first kappa shape index (κ1) is 45.9. The number of piperidine rings is 1. The summed E-state index contributed by atoms with van der Waals surface area (Å²) in [6.07, 6.45) is 11.9. The molecule has 3 N–H and O–H groups in total. The van der Waals surface area contributed by atoms with E-state index in [0.29, 0.717) is 49.7 Å². The molecule has 0 radical (unpaired) electrons. The van der Waals surface area contributed by atoms with Crippen LogP contribution < -0.4 is 0 Å². The fraction of sp³-hybridized carbons (Fsp3) is 0.837. The number of fused-ring (bicyclic) bond motifs is 3. The van der Waals surface area contributed by atoms with E-state index < -0.39 is 53.4 Å². The minimum atomic E-state index is -2.36. The van der Waals surface area contributed by atoms with Gasteiger partial charge in [0.1, 0.15) is 12.1 Å². The molecule has 12 unspecified atom stereocenters. The zero-order chi connectivity index (χ0) is 40.5. The normalized spacial score (nSPS) is 41.1. The van der Waals surface area contributed by atoms with Crippen molar-refractivity contribution in [3.63, 3.8) is 0 Å². The van der Waals surface area contributed by atoms with Crippen LogP contribution in [-0.2, 0) is 33.3 Å². The molecule has 1 aliphatic carbocycles. The molecule has 2 saturated heterocycles. The van der Waals surface area contributed by atoms with E-state index in [1.54, 1.807) is 21.1 Å². The van der Waals surface area contributed by atoms with Gasteiger partial charge in [-0.15, -0.1) is 0 Å². The number of hydrogen-bond acceptors (Lipinski definition) is 11. The molecule has 4 rings (SSSR count). The minimum Gasteiger partial charge on any atom is -0.456 e. The highest BCUT2D eigenvalue weighted by Gasteiger charge is 2.51. The Bertz CT molecular complexity index is 1350. The number of Topliss-reactive ketones (excluding diaryl/α,β-unsaturated/α-hetero) is 1. The second kappa shape index (κ2) is 20.8. The lowest BCUT2D eigenvalue weighted by atomic mass is 9.84. The molecular formula is C43H71NO10S. The van der Waals surface area contributed by atoms with Crippen molar-refractivity contribution in [2.45, 2.75) is 184 Å². The van der Waals surface area contributed by atoms with Gasteiger partial charge in [-0.2, -0.15) is 11.8 Å². The van der Waals surface area contributed by atoms with Gasteiger partial charge in [0, 0.05) is 45.3 Å². The number of amides is 1. The van der Waals surface area contributed by atoms with Gasteiger partial charge in [-0.25, -0.2) is 4.79 Å². The van der Waals surface area contributed by atoms with Gasteiger partial charge >= 0.3 is 5.97 Å². The van der Waals surface area contributed by atoms with Crippen LogP contribution in [0.1, 0.15) is 131 Å². The average Bonchev–Trinajstić information content (AvgIpc) is 3.28. The van der Waals surface area contributed by atoms with Gasteiger partial charge in [0.2, 0.25) is 5.79 Å². The summed E-state index contributed by atoms with van der Waals surface area (Å²) in [4.78, 5) is 43.7. The number of aliphatic hydroxyl groups excluding tert-OH is 1. The van der Waals surface area contributed by atoms with Crippen molar-refractivity contribution in [3.05, 3.63) is 23.3 Å². The second-order valence-electron chi connectivity index (χ2n) is 17.6. The third-order valence-corrected chi connectivity index (χ3v) is 13.7. The number of esters is 1. The lowest BCUT2D eigenvalue weighted by Crippen LogP contribution is -2.57. The van der Waals surface area contributed by atoms with Crippen LogP contribution in [0.25, 0.3) is 0 Å². The zero-order valence-electron chi connectivity index (χ0n) is 34.8. The number of nitrogens with zero attached hydrogens (tertiary/aromatic N) is 1. The average molecular weight is 794 g/mol. The molecule has 3 heterocycles. The van der Waals surface area contributed by atoms with Crippen molar-refractivity contribution < 1.29 is 48.7 Å². The molecule has 3 aliphatic heterocycles. The maximum atomic E-state index is 14.2. The first-order chi connectivity index (χ1) is 26.0. The summed E-state index contributed by atoms with van der Waals surface area (Å²) < 4.78 is 24.2. The van der Waals surface area contributed by atoms with Crippen LogP contribution in [0.3, 0.4) is 0 Å². The number of ketones is 1. The van der Waals surface area contributed by atoms with Crippen molar-refractivity contribution in [2.75, 3.05) is 27.0 Å². The van der Waals surface area contributed by atoms with Gasteiger partial charge in [-0.3, -0.25) is 9.59 Å². The maximum Gasteiger partial charge on any atom is 0.329 e. The number of methoxy groups -OCH3 is 2. The van der Waals surface area contributed by atoms with Crippen molar-refractivity contribution in [1.82, 2.24) is 4.90 Å². The predicted molar refractivity (Wildman–Crippen MR) is 214 cm³/mol. The zero-order valence-corrected chi connectivity index (χ0v) is 35.6. The molecule has 1 saturated carbocycles. The first-order valence-electron chi connectivity index (χ1n) is 20.8. The highest BCUT2D eigenvalue weighted by atomic mass is 32.2. The van der Waals surface area contributed by atoms with Crippen LogP contribution in [0, 0.1) is 17.8 Å². The Morgan fingerprint density at radius 1 is 0.945 bits per heavy atom. The van der Waals surface area contributed by atoms with Crippen molar-refractivity contribution in [2.24, 2.45) is 17.8 Å². The van der Waals surface area contributed by atoms with Gasteiger partial charge in [0.25, 0.3) is 11.7 Å². The van der Waals surface area contributed by atoms with E-state index in [9.17, 15) is 29.7 Å². The summed E-state index contributed by atoms with van der Waals surface area (Å²) in [5.41, 5.74) is 0.738. The number of allylic oxidation sites excluding steroid dienone is 2. The molecule has 0 aromatic rings. The number of thioether (sulfide) groups is 1. The lowest BCUT2D eigenvalue weighted by molar-refractivity contribution is -0.236. The topological polar surface area (TPSA) is 152 Å². The molecule has 12 atom stereocenters. The molecule has 0 spiro atoms. The van der Waals surface area contributed by atoms with Crippen molar-refractivity contribution in [1.29, 1.82) is 0 Å². The van der Waals surface area contributed by atoms with Gasteiger partial charge in [0.15, 0.2) is 0 Å². The quantitative estimate of drug-likeness (QED) is 0.164. The molecule has 2 bridgehead atoms. The fourth-order valence-corrected chi connectivity index (χ4v) is 10.0. The van der Waals surface area contributed by atoms with E-state index in [4.69, 9.17) is 18.9 Å². The monoisotopic (exact) mass is 793 g/mol. The number of carbonyl (C=O) groups excluding carboxylic acids is 3. The molecule has 0 aromatic heterocycles. The molecular weight excluding hydrogens is 723 g/mol. The van der Waals surface area contributed by atoms with E-state index >= 15 is 0 Å². The molecule has 1 amide bonds. The number of hydrogen-bond donors (Lipinski definition) is 3. The van der Waals surface area contributed by atoms with Crippen LogP contribution in [0.5, 0.6) is 0 Å².